The van der Waals surface area contributed by atoms with Crippen LogP contribution in [-0.4, -0.2) is 15.0 Å². The van der Waals surface area contributed by atoms with Crippen molar-refractivity contribution < 1.29 is 8.83 Å². The predicted octanol–water partition coefficient (Wildman–Crippen LogP) is 14.3. The molecule has 12 rings (SSSR count). The quantitative estimate of drug-likeness (QED) is 0.176. The summed E-state index contributed by atoms with van der Waals surface area (Å²) in [5.74, 6) is 1.70. The van der Waals surface area contributed by atoms with Gasteiger partial charge in [0.15, 0.2) is 17.5 Å². The van der Waals surface area contributed by atoms with Gasteiger partial charge in [-0.3, -0.25) is 0 Å². The van der Waals surface area contributed by atoms with Crippen molar-refractivity contribution in [2.24, 2.45) is 0 Å². The van der Waals surface area contributed by atoms with Crippen molar-refractivity contribution in [1.29, 1.82) is 0 Å². The summed E-state index contributed by atoms with van der Waals surface area (Å²) in [4.78, 5) is 15.7. The molecule has 0 aliphatic heterocycles. The molecule has 0 atom stereocenters. The number of furan rings is 2. The molecule has 0 saturated carbocycles. The molecule has 58 heavy (non-hydrogen) atoms. The summed E-state index contributed by atoms with van der Waals surface area (Å²) in [6.45, 7) is 0. The van der Waals surface area contributed by atoms with Crippen molar-refractivity contribution in [2.75, 3.05) is 0 Å². The molecule has 3 heterocycles. The first-order chi connectivity index (χ1) is 28.7. The molecule has 0 spiro atoms. The van der Waals surface area contributed by atoms with Crippen LogP contribution in [0.25, 0.3) is 122 Å². The maximum atomic E-state index is 6.70. The summed E-state index contributed by atoms with van der Waals surface area (Å²) >= 11 is 0. The van der Waals surface area contributed by atoms with Crippen molar-refractivity contribution in [3.05, 3.63) is 188 Å². The van der Waals surface area contributed by atoms with E-state index < -0.39 is 0 Å². The Bertz CT molecular complexity index is 3580. The van der Waals surface area contributed by atoms with Crippen molar-refractivity contribution >= 4 is 65.4 Å². The van der Waals surface area contributed by atoms with Crippen LogP contribution in [0.3, 0.4) is 0 Å². The molecule has 0 aliphatic rings. The minimum atomic E-state index is 0.544. The molecule has 12 aromatic rings. The Morgan fingerprint density at radius 3 is 1.74 bits per heavy atom. The van der Waals surface area contributed by atoms with Gasteiger partial charge in [-0.05, 0) is 80.7 Å². The van der Waals surface area contributed by atoms with Gasteiger partial charge in [0, 0.05) is 38.2 Å². The largest absolute Gasteiger partial charge is 0.455 e. The molecule has 0 bridgehead atoms. The van der Waals surface area contributed by atoms with Crippen molar-refractivity contribution in [3.8, 4) is 56.4 Å². The molecule has 0 unspecified atom stereocenters. The molecule has 0 fully saturated rings. The Hall–Kier alpha value is -7.89. The highest BCUT2D eigenvalue weighted by Crippen LogP contribution is 2.45. The van der Waals surface area contributed by atoms with Crippen LogP contribution in [0.4, 0.5) is 0 Å². The standard InChI is InChI=1S/C53H31N3O2/c1-2-14-33(15-3-1)39-27-28-41(48-43-20-9-11-24-47(43)58-50(39)48)45-31-37(30-35-17-6-7-18-38(35)45)52-54-51(36-26-25-32-13-4-5-16-34(32)29-36)55-53(56-52)44-22-12-21-42-40-19-8-10-23-46(40)57-49(42)44/h1-31H. The fourth-order valence-electron chi connectivity index (χ4n) is 8.57. The van der Waals surface area contributed by atoms with Gasteiger partial charge >= 0.3 is 0 Å². The molecular formula is C53H31N3O2. The Morgan fingerprint density at radius 2 is 0.897 bits per heavy atom. The van der Waals surface area contributed by atoms with E-state index >= 15 is 0 Å². The minimum Gasteiger partial charge on any atom is -0.455 e. The van der Waals surface area contributed by atoms with E-state index in [1.165, 1.54) is 0 Å². The predicted molar refractivity (Wildman–Crippen MR) is 237 cm³/mol. The minimum absolute atomic E-state index is 0.544. The second-order valence-electron chi connectivity index (χ2n) is 14.7. The average Bonchev–Trinajstić information content (AvgIpc) is 3.88. The van der Waals surface area contributed by atoms with Gasteiger partial charge in [-0.25, -0.2) is 15.0 Å². The topological polar surface area (TPSA) is 65.0 Å². The molecule has 3 aromatic heterocycles. The number of hydrogen-bond donors (Lipinski definition) is 0. The van der Waals surface area contributed by atoms with Crippen molar-refractivity contribution in [1.82, 2.24) is 15.0 Å². The van der Waals surface area contributed by atoms with Crippen LogP contribution in [-0.2, 0) is 0 Å². The molecule has 0 N–H and O–H groups in total. The number of para-hydroxylation sites is 3. The van der Waals surface area contributed by atoms with Crippen LogP contribution in [0.15, 0.2) is 197 Å². The highest BCUT2D eigenvalue weighted by atomic mass is 16.3. The van der Waals surface area contributed by atoms with Gasteiger partial charge in [0.2, 0.25) is 0 Å². The lowest BCUT2D eigenvalue weighted by atomic mass is 9.90. The SMILES string of the molecule is c1ccc(-c2ccc(-c3cc(-c4nc(-c5ccc6ccccc6c5)nc(-c5cccc6c5oc5ccccc56)n4)cc4ccccc34)c3c2oc2ccccc23)cc1. The monoisotopic (exact) mass is 741 g/mol. The molecular weight excluding hydrogens is 711 g/mol. The smallest absolute Gasteiger partial charge is 0.167 e. The lowest BCUT2D eigenvalue weighted by Crippen LogP contribution is -2.01. The molecule has 0 radical (unpaired) electrons. The fourth-order valence-corrected chi connectivity index (χ4v) is 8.57. The van der Waals surface area contributed by atoms with Crippen LogP contribution >= 0.6 is 0 Å². The molecule has 9 aromatic carbocycles. The molecule has 0 saturated heterocycles. The molecule has 5 heteroatoms. The Balaban J connectivity index is 1.13. The summed E-state index contributed by atoms with van der Waals surface area (Å²) in [7, 11) is 0. The second-order valence-corrected chi connectivity index (χ2v) is 14.7. The Morgan fingerprint density at radius 1 is 0.293 bits per heavy atom. The normalized spacial score (nSPS) is 11.8. The molecule has 0 aliphatic carbocycles. The van der Waals surface area contributed by atoms with Gasteiger partial charge in [0.05, 0.1) is 5.56 Å². The summed E-state index contributed by atoms with van der Waals surface area (Å²) in [5, 5.41) is 8.70. The van der Waals surface area contributed by atoms with E-state index in [1.807, 2.05) is 48.5 Å². The van der Waals surface area contributed by atoms with Crippen LogP contribution in [0.5, 0.6) is 0 Å². The zero-order chi connectivity index (χ0) is 38.2. The second kappa shape index (κ2) is 12.8. The first-order valence-corrected chi connectivity index (χ1v) is 19.4. The Kier molecular flexibility index (Phi) is 7.16. The number of hydrogen-bond acceptors (Lipinski definition) is 5. The summed E-state index contributed by atoms with van der Waals surface area (Å²) in [6, 6.07) is 65.1. The van der Waals surface area contributed by atoms with E-state index in [0.29, 0.717) is 17.5 Å². The van der Waals surface area contributed by atoms with Gasteiger partial charge < -0.3 is 8.83 Å². The zero-order valence-corrected chi connectivity index (χ0v) is 31.1. The van der Waals surface area contributed by atoms with E-state index in [9.17, 15) is 0 Å². The van der Waals surface area contributed by atoms with Crippen molar-refractivity contribution in [2.45, 2.75) is 0 Å². The summed E-state index contributed by atoms with van der Waals surface area (Å²) < 4.78 is 13.2. The van der Waals surface area contributed by atoms with Crippen LogP contribution in [0.2, 0.25) is 0 Å². The van der Waals surface area contributed by atoms with E-state index in [1.54, 1.807) is 0 Å². The van der Waals surface area contributed by atoms with E-state index in [4.69, 9.17) is 23.8 Å². The van der Waals surface area contributed by atoms with Gasteiger partial charge in [0.1, 0.15) is 22.3 Å². The molecule has 270 valence electrons. The molecule has 0 amide bonds. The number of benzene rings is 9. The van der Waals surface area contributed by atoms with E-state index in [-0.39, 0.29) is 0 Å². The third-order valence-corrected chi connectivity index (χ3v) is 11.3. The van der Waals surface area contributed by atoms with Crippen molar-refractivity contribution in [3.63, 3.8) is 0 Å². The highest BCUT2D eigenvalue weighted by Gasteiger charge is 2.22. The zero-order valence-electron chi connectivity index (χ0n) is 31.1. The lowest BCUT2D eigenvalue weighted by molar-refractivity contribution is 0.669. The third kappa shape index (κ3) is 5.14. The number of rotatable bonds is 5. The van der Waals surface area contributed by atoms with Gasteiger partial charge in [0.25, 0.3) is 0 Å². The maximum Gasteiger partial charge on any atom is 0.167 e. The van der Waals surface area contributed by atoms with Gasteiger partial charge in [-0.15, -0.1) is 0 Å². The number of aromatic nitrogens is 3. The number of fused-ring (bicyclic) bond motifs is 8. The summed E-state index contributed by atoms with van der Waals surface area (Å²) in [6.07, 6.45) is 0. The van der Waals surface area contributed by atoms with E-state index in [0.717, 1.165) is 104 Å². The van der Waals surface area contributed by atoms with E-state index in [2.05, 4.69) is 140 Å². The average molecular weight is 742 g/mol. The highest BCUT2D eigenvalue weighted by molar-refractivity contribution is 6.19. The fraction of sp³-hybridized carbons (Fsp3) is 0. The molecule has 5 nitrogen and oxygen atoms in total. The first-order valence-electron chi connectivity index (χ1n) is 19.4. The lowest BCUT2D eigenvalue weighted by Gasteiger charge is -2.14. The summed E-state index contributed by atoms with van der Waals surface area (Å²) in [5.41, 5.74) is 10.2. The third-order valence-electron chi connectivity index (χ3n) is 11.3. The number of nitrogens with zero attached hydrogens (tertiary/aromatic N) is 3. The first kappa shape index (κ1) is 32.4. The van der Waals surface area contributed by atoms with Crippen LogP contribution in [0.1, 0.15) is 0 Å². The van der Waals surface area contributed by atoms with Crippen LogP contribution < -0.4 is 0 Å². The van der Waals surface area contributed by atoms with Crippen LogP contribution in [0, 0.1) is 0 Å². The van der Waals surface area contributed by atoms with Gasteiger partial charge in [-0.1, -0.05) is 146 Å². The van der Waals surface area contributed by atoms with Gasteiger partial charge in [-0.2, -0.15) is 0 Å². The Labute approximate surface area is 332 Å². The maximum absolute atomic E-state index is 6.70.